The lowest BCUT2D eigenvalue weighted by Gasteiger charge is -2.06. The number of hydrogen-bond donors (Lipinski definition) is 1. The van der Waals surface area contributed by atoms with Gasteiger partial charge >= 0.3 is 0 Å². The molecule has 4 nitrogen and oxygen atoms in total. The summed E-state index contributed by atoms with van der Waals surface area (Å²) in [7, 11) is 1.93. The minimum Gasteiger partial charge on any atom is -0.380 e. The van der Waals surface area contributed by atoms with E-state index >= 15 is 0 Å². The first kappa shape index (κ1) is 12.2. The molecule has 1 heterocycles. The molecule has 0 spiro atoms. The molecule has 4 heteroatoms. The number of ether oxygens (including phenoxy) is 1. The molecule has 0 unspecified atom stereocenters. The summed E-state index contributed by atoms with van der Waals surface area (Å²) in [6.45, 7) is 7.61. The molecule has 0 atom stereocenters. The molecule has 0 bridgehead atoms. The average molecular weight is 211 g/mol. The molecular formula is C11H21N3O. The normalized spacial score (nSPS) is 11.2. The van der Waals surface area contributed by atoms with Gasteiger partial charge in [0.05, 0.1) is 12.3 Å². The molecule has 0 aliphatic carbocycles. The van der Waals surface area contributed by atoms with Gasteiger partial charge in [0, 0.05) is 32.9 Å². The standard InChI is InChI=1S/C11H21N3O/c1-10(2)9-15-7-5-12-8-11-4-6-14(3)13-11/h4,6,10,12H,5,7-9H2,1-3H3. The van der Waals surface area contributed by atoms with E-state index < -0.39 is 0 Å². The Bertz CT molecular complexity index is 271. The summed E-state index contributed by atoms with van der Waals surface area (Å²) >= 11 is 0. The van der Waals surface area contributed by atoms with E-state index in [1.165, 1.54) is 0 Å². The van der Waals surface area contributed by atoms with Gasteiger partial charge in [-0.05, 0) is 12.0 Å². The van der Waals surface area contributed by atoms with Crippen LogP contribution < -0.4 is 5.32 Å². The average Bonchev–Trinajstić information content (AvgIpc) is 2.57. The number of nitrogens with zero attached hydrogens (tertiary/aromatic N) is 2. The number of rotatable bonds is 7. The van der Waals surface area contributed by atoms with Gasteiger partial charge in [0.2, 0.25) is 0 Å². The lowest BCUT2D eigenvalue weighted by atomic mass is 10.2. The molecule has 86 valence electrons. The summed E-state index contributed by atoms with van der Waals surface area (Å²) in [6, 6.07) is 2.02. The zero-order valence-electron chi connectivity index (χ0n) is 9.86. The molecule has 1 rings (SSSR count). The highest BCUT2D eigenvalue weighted by Crippen LogP contribution is 1.93. The van der Waals surface area contributed by atoms with Crippen molar-refractivity contribution in [3.8, 4) is 0 Å². The van der Waals surface area contributed by atoms with Crippen LogP contribution in [0, 0.1) is 5.92 Å². The van der Waals surface area contributed by atoms with Crippen LogP contribution in [0.25, 0.3) is 0 Å². The maximum Gasteiger partial charge on any atom is 0.0762 e. The fourth-order valence-corrected chi connectivity index (χ4v) is 1.24. The summed E-state index contributed by atoms with van der Waals surface area (Å²) in [5, 5.41) is 7.56. The van der Waals surface area contributed by atoms with Gasteiger partial charge in [0.1, 0.15) is 0 Å². The van der Waals surface area contributed by atoms with E-state index in [9.17, 15) is 0 Å². The van der Waals surface area contributed by atoms with Gasteiger partial charge in [-0.2, -0.15) is 5.10 Å². The molecule has 1 aromatic heterocycles. The summed E-state index contributed by atoms with van der Waals surface area (Å²) in [5.74, 6) is 0.612. The Balaban J connectivity index is 1.98. The second-order valence-electron chi connectivity index (χ2n) is 4.13. The first-order valence-corrected chi connectivity index (χ1v) is 5.45. The maximum absolute atomic E-state index is 5.45. The summed E-state index contributed by atoms with van der Waals surface area (Å²) in [4.78, 5) is 0. The highest BCUT2D eigenvalue weighted by Gasteiger charge is 1.96. The minimum atomic E-state index is 0.612. The van der Waals surface area contributed by atoms with Crippen LogP contribution in [-0.2, 0) is 18.3 Å². The van der Waals surface area contributed by atoms with Crippen molar-refractivity contribution in [3.63, 3.8) is 0 Å². The monoisotopic (exact) mass is 211 g/mol. The zero-order chi connectivity index (χ0) is 11.1. The van der Waals surface area contributed by atoms with Crippen LogP contribution in [0.1, 0.15) is 19.5 Å². The van der Waals surface area contributed by atoms with Crippen LogP contribution in [0.3, 0.4) is 0 Å². The van der Waals surface area contributed by atoms with E-state index in [0.29, 0.717) is 5.92 Å². The Morgan fingerprint density at radius 1 is 1.53 bits per heavy atom. The molecule has 0 aliphatic rings. The van der Waals surface area contributed by atoms with Crippen LogP contribution in [0.4, 0.5) is 0 Å². The van der Waals surface area contributed by atoms with Gasteiger partial charge in [0.25, 0.3) is 0 Å². The molecule has 0 saturated carbocycles. The Morgan fingerprint density at radius 2 is 2.33 bits per heavy atom. The molecule has 0 aliphatic heterocycles. The minimum absolute atomic E-state index is 0.612. The van der Waals surface area contributed by atoms with Gasteiger partial charge in [0.15, 0.2) is 0 Å². The van der Waals surface area contributed by atoms with Gasteiger partial charge in [-0.3, -0.25) is 4.68 Å². The first-order valence-electron chi connectivity index (χ1n) is 5.45. The number of nitrogens with one attached hydrogen (secondary N) is 1. The predicted molar refractivity (Wildman–Crippen MR) is 60.6 cm³/mol. The van der Waals surface area contributed by atoms with Crippen molar-refractivity contribution in [1.29, 1.82) is 0 Å². The number of hydrogen-bond acceptors (Lipinski definition) is 3. The highest BCUT2D eigenvalue weighted by atomic mass is 16.5. The summed E-state index contributed by atoms with van der Waals surface area (Å²) < 4.78 is 7.26. The summed E-state index contributed by atoms with van der Waals surface area (Å²) in [6.07, 6.45) is 1.95. The fraction of sp³-hybridized carbons (Fsp3) is 0.727. The van der Waals surface area contributed by atoms with Crippen molar-refractivity contribution in [1.82, 2.24) is 15.1 Å². The van der Waals surface area contributed by atoms with Crippen LogP contribution in [-0.4, -0.2) is 29.5 Å². The van der Waals surface area contributed by atoms with E-state index in [1.54, 1.807) is 0 Å². The van der Waals surface area contributed by atoms with Crippen molar-refractivity contribution in [2.45, 2.75) is 20.4 Å². The molecule has 0 saturated heterocycles. The lowest BCUT2D eigenvalue weighted by Crippen LogP contribution is -2.20. The Morgan fingerprint density at radius 3 is 2.93 bits per heavy atom. The van der Waals surface area contributed by atoms with Crippen LogP contribution in [0.5, 0.6) is 0 Å². The van der Waals surface area contributed by atoms with Crippen molar-refractivity contribution < 1.29 is 4.74 Å². The second kappa shape index (κ2) is 6.58. The fourth-order valence-electron chi connectivity index (χ4n) is 1.24. The number of aromatic nitrogens is 2. The molecule has 0 amide bonds. The predicted octanol–water partition coefficient (Wildman–Crippen LogP) is 1.18. The first-order chi connectivity index (χ1) is 7.18. The van der Waals surface area contributed by atoms with E-state index in [1.807, 2.05) is 24.0 Å². The maximum atomic E-state index is 5.45. The summed E-state index contributed by atoms with van der Waals surface area (Å²) in [5.41, 5.74) is 1.07. The molecule has 1 aromatic rings. The Labute approximate surface area is 91.6 Å². The van der Waals surface area contributed by atoms with E-state index in [2.05, 4.69) is 24.3 Å². The van der Waals surface area contributed by atoms with Crippen LogP contribution in [0.2, 0.25) is 0 Å². The molecule has 0 radical (unpaired) electrons. The van der Waals surface area contributed by atoms with Gasteiger partial charge < -0.3 is 10.1 Å². The molecule has 0 aromatic carbocycles. The Kier molecular flexibility index (Phi) is 5.36. The van der Waals surface area contributed by atoms with Crippen molar-refractivity contribution in [3.05, 3.63) is 18.0 Å². The molecule has 0 fully saturated rings. The van der Waals surface area contributed by atoms with Gasteiger partial charge in [-0.25, -0.2) is 0 Å². The van der Waals surface area contributed by atoms with Crippen LogP contribution in [0.15, 0.2) is 12.3 Å². The Hall–Kier alpha value is -0.870. The van der Waals surface area contributed by atoms with Gasteiger partial charge in [-0.15, -0.1) is 0 Å². The van der Waals surface area contributed by atoms with Crippen molar-refractivity contribution in [2.24, 2.45) is 13.0 Å². The number of aryl methyl sites for hydroxylation is 1. The third-order valence-corrected chi connectivity index (χ3v) is 1.95. The van der Waals surface area contributed by atoms with E-state index in [-0.39, 0.29) is 0 Å². The third-order valence-electron chi connectivity index (χ3n) is 1.95. The van der Waals surface area contributed by atoms with Gasteiger partial charge in [-0.1, -0.05) is 13.8 Å². The quantitative estimate of drug-likeness (QED) is 0.688. The van der Waals surface area contributed by atoms with Crippen molar-refractivity contribution in [2.75, 3.05) is 19.8 Å². The lowest BCUT2D eigenvalue weighted by molar-refractivity contribution is 0.111. The molecular weight excluding hydrogens is 190 g/mol. The van der Waals surface area contributed by atoms with E-state index in [4.69, 9.17) is 4.74 Å². The van der Waals surface area contributed by atoms with E-state index in [0.717, 1.165) is 32.0 Å². The van der Waals surface area contributed by atoms with Crippen LogP contribution >= 0.6 is 0 Å². The highest BCUT2D eigenvalue weighted by molar-refractivity contribution is 4.97. The SMILES string of the molecule is CC(C)COCCNCc1ccn(C)n1. The second-order valence-corrected chi connectivity index (χ2v) is 4.13. The topological polar surface area (TPSA) is 39.1 Å². The largest absolute Gasteiger partial charge is 0.380 e. The third kappa shape index (κ3) is 5.54. The molecule has 1 N–H and O–H groups in total. The smallest absolute Gasteiger partial charge is 0.0762 e. The molecule has 15 heavy (non-hydrogen) atoms. The van der Waals surface area contributed by atoms with Crippen molar-refractivity contribution >= 4 is 0 Å². The zero-order valence-corrected chi connectivity index (χ0v) is 9.86.